The Morgan fingerprint density at radius 3 is 2.25 bits per heavy atom. The van der Waals surface area contributed by atoms with Gasteiger partial charge in [-0.25, -0.2) is 4.98 Å². The van der Waals surface area contributed by atoms with Gasteiger partial charge < -0.3 is 14.5 Å². The number of benzene rings is 1. The SMILES string of the molecule is Cc1cccc(C)c1OCC(=O)N1CCN(c2ccc(C(F)(F)F)cn2)CC1. The molecule has 1 aromatic carbocycles. The first-order valence-electron chi connectivity index (χ1n) is 9.00. The lowest BCUT2D eigenvalue weighted by molar-refractivity contribution is -0.138. The van der Waals surface area contributed by atoms with Gasteiger partial charge in [0.25, 0.3) is 5.91 Å². The fourth-order valence-electron chi connectivity index (χ4n) is 3.18. The maximum absolute atomic E-state index is 12.6. The van der Waals surface area contributed by atoms with Crippen LogP contribution in [0.2, 0.25) is 0 Å². The number of anilines is 1. The molecule has 3 rings (SSSR count). The van der Waals surface area contributed by atoms with Crippen molar-refractivity contribution >= 4 is 11.7 Å². The van der Waals surface area contributed by atoms with Gasteiger partial charge >= 0.3 is 6.18 Å². The molecule has 2 heterocycles. The Balaban J connectivity index is 1.53. The minimum absolute atomic E-state index is 0.0375. The zero-order valence-electron chi connectivity index (χ0n) is 15.8. The van der Waals surface area contributed by atoms with Gasteiger partial charge in [-0.15, -0.1) is 0 Å². The van der Waals surface area contributed by atoms with E-state index in [1.54, 1.807) is 4.90 Å². The molecule has 0 unspecified atom stereocenters. The summed E-state index contributed by atoms with van der Waals surface area (Å²) in [7, 11) is 0. The fourth-order valence-corrected chi connectivity index (χ4v) is 3.18. The normalized spacial score (nSPS) is 14.9. The van der Waals surface area contributed by atoms with Crippen LogP contribution in [0.4, 0.5) is 19.0 Å². The number of nitrogens with zero attached hydrogens (tertiary/aromatic N) is 3. The van der Waals surface area contributed by atoms with E-state index < -0.39 is 11.7 Å². The molecule has 28 heavy (non-hydrogen) atoms. The number of para-hydroxylation sites is 1. The number of ether oxygens (including phenoxy) is 1. The van der Waals surface area contributed by atoms with E-state index in [4.69, 9.17) is 4.74 Å². The lowest BCUT2D eigenvalue weighted by Crippen LogP contribution is -2.50. The monoisotopic (exact) mass is 393 g/mol. The molecule has 150 valence electrons. The molecule has 0 saturated carbocycles. The minimum atomic E-state index is -4.40. The second kappa shape index (κ2) is 8.08. The largest absolute Gasteiger partial charge is 0.483 e. The Morgan fingerprint density at radius 2 is 1.71 bits per heavy atom. The summed E-state index contributed by atoms with van der Waals surface area (Å²) in [6, 6.07) is 8.20. The molecule has 1 saturated heterocycles. The molecule has 1 aliphatic heterocycles. The molecule has 0 atom stereocenters. The zero-order chi connectivity index (χ0) is 20.3. The Bertz CT molecular complexity index is 809. The first kappa shape index (κ1) is 20.0. The summed E-state index contributed by atoms with van der Waals surface area (Å²) in [5, 5.41) is 0. The van der Waals surface area contributed by atoms with Crippen LogP contribution in [-0.4, -0.2) is 48.6 Å². The van der Waals surface area contributed by atoms with Crippen molar-refractivity contribution in [2.45, 2.75) is 20.0 Å². The summed E-state index contributed by atoms with van der Waals surface area (Å²) in [4.78, 5) is 19.9. The van der Waals surface area contributed by atoms with Gasteiger partial charge in [0, 0.05) is 32.4 Å². The molecule has 1 aliphatic rings. The highest BCUT2D eigenvalue weighted by Crippen LogP contribution is 2.29. The van der Waals surface area contributed by atoms with Crippen molar-refractivity contribution in [2.24, 2.45) is 0 Å². The quantitative estimate of drug-likeness (QED) is 0.798. The van der Waals surface area contributed by atoms with Gasteiger partial charge in [0.05, 0.1) is 5.56 Å². The van der Waals surface area contributed by atoms with E-state index in [1.165, 1.54) is 6.07 Å². The maximum Gasteiger partial charge on any atom is 0.417 e. The summed E-state index contributed by atoms with van der Waals surface area (Å²) in [5.74, 6) is 1.10. The number of aryl methyl sites for hydroxylation is 2. The van der Waals surface area contributed by atoms with Crippen LogP contribution >= 0.6 is 0 Å². The summed E-state index contributed by atoms with van der Waals surface area (Å²) in [6.07, 6.45) is -3.56. The summed E-state index contributed by atoms with van der Waals surface area (Å²) >= 11 is 0. The molecular formula is C20H22F3N3O2. The second-order valence-corrected chi connectivity index (χ2v) is 6.78. The van der Waals surface area contributed by atoms with E-state index >= 15 is 0 Å². The highest BCUT2D eigenvalue weighted by atomic mass is 19.4. The predicted molar refractivity (Wildman–Crippen MR) is 99.4 cm³/mol. The highest BCUT2D eigenvalue weighted by Gasteiger charge is 2.31. The number of carbonyl (C=O) groups is 1. The molecule has 0 spiro atoms. The first-order valence-corrected chi connectivity index (χ1v) is 9.00. The van der Waals surface area contributed by atoms with Gasteiger partial charge in [0.15, 0.2) is 6.61 Å². The molecule has 1 aromatic heterocycles. The number of piperazine rings is 1. The number of hydrogen-bond acceptors (Lipinski definition) is 4. The van der Waals surface area contributed by atoms with Gasteiger partial charge in [-0.3, -0.25) is 4.79 Å². The molecule has 1 fully saturated rings. The molecule has 2 aromatic rings. The molecule has 0 radical (unpaired) electrons. The smallest absolute Gasteiger partial charge is 0.417 e. The van der Waals surface area contributed by atoms with Gasteiger partial charge in [-0.05, 0) is 37.1 Å². The lowest BCUT2D eigenvalue weighted by Gasteiger charge is -2.35. The minimum Gasteiger partial charge on any atom is -0.483 e. The van der Waals surface area contributed by atoms with E-state index in [1.807, 2.05) is 36.9 Å². The number of rotatable bonds is 4. The number of pyridine rings is 1. The van der Waals surface area contributed by atoms with E-state index in [2.05, 4.69) is 4.98 Å². The topological polar surface area (TPSA) is 45.7 Å². The number of amides is 1. The van der Waals surface area contributed by atoms with Crippen LogP contribution in [0.25, 0.3) is 0 Å². The third kappa shape index (κ3) is 4.55. The van der Waals surface area contributed by atoms with Gasteiger partial charge in [-0.1, -0.05) is 18.2 Å². The lowest BCUT2D eigenvalue weighted by atomic mass is 10.1. The van der Waals surface area contributed by atoms with Crippen molar-refractivity contribution in [1.82, 2.24) is 9.88 Å². The van der Waals surface area contributed by atoms with Crippen LogP contribution in [0.1, 0.15) is 16.7 Å². The van der Waals surface area contributed by atoms with Crippen molar-refractivity contribution in [1.29, 1.82) is 0 Å². The van der Waals surface area contributed by atoms with E-state index in [0.717, 1.165) is 29.1 Å². The Hall–Kier alpha value is -2.77. The highest BCUT2D eigenvalue weighted by molar-refractivity contribution is 5.78. The molecule has 0 bridgehead atoms. The van der Waals surface area contributed by atoms with E-state index in [0.29, 0.717) is 32.0 Å². The van der Waals surface area contributed by atoms with E-state index in [9.17, 15) is 18.0 Å². The van der Waals surface area contributed by atoms with Crippen LogP contribution < -0.4 is 9.64 Å². The van der Waals surface area contributed by atoms with Crippen LogP contribution in [0.5, 0.6) is 5.75 Å². The molecule has 5 nitrogen and oxygen atoms in total. The standard InChI is InChI=1S/C20H22F3N3O2/c1-14-4-3-5-15(2)19(14)28-13-18(27)26-10-8-25(9-11-26)17-7-6-16(12-24-17)20(21,22)23/h3-7,12H,8-11,13H2,1-2H3. The van der Waals surface area contributed by atoms with Crippen LogP contribution in [0.15, 0.2) is 36.5 Å². The molecule has 1 amide bonds. The first-order chi connectivity index (χ1) is 13.3. The molecular weight excluding hydrogens is 371 g/mol. The van der Waals surface area contributed by atoms with Gasteiger partial charge in [-0.2, -0.15) is 13.2 Å². The maximum atomic E-state index is 12.6. The number of halogens is 3. The van der Waals surface area contributed by atoms with Crippen molar-refractivity contribution < 1.29 is 22.7 Å². The third-order valence-corrected chi connectivity index (χ3v) is 4.78. The third-order valence-electron chi connectivity index (χ3n) is 4.78. The predicted octanol–water partition coefficient (Wildman–Crippen LogP) is 3.44. The second-order valence-electron chi connectivity index (χ2n) is 6.78. The fraction of sp³-hybridized carbons (Fsp3) is 0.400. The van der Waals surface area contributed by atoms with E-state index in [-0.39, 0.29) is 12.5 Å². The van der Waals surface area contributed by atoms with Crippen molar-refractivity contribution in [3.05, 3.63) is 53.2 Å². The van der Waals surface area contributed by atoms with Gasteiger partial charge in [0.1, 0.15) is 11.6 Å². The Kier molecular flexibility index (Phi) is 5.76. The molecule has 0 aliphatic carbocycles. The van der Waals surface area contributed by atoms with Gasteiger partial charge in [0.2, 0.25) is 0 Å². The van der Waals surface area contributed by atoms with Crippen LogP contribution in [0, 0.1) is 13.8 Å². The Morgan fingerprint density at radius 1 is 1.07 bits per heavy atom. The molecule has 0 N–H and O–H groups in total. The summed E-state index contributed by atoms with van der Waals surface area (Å²) < 4.78 is 43.6. The number of hydrogen-bond donors (Lipinski definition) is 0. The summed E-state index contributed by atoms with van der Waals surface area (Å²) in [6.45, 7) is 5.78. The van der Waals surface area contributed by atoms with Crippen LogP contribution in [0.3, 0.4) is 0 Å². The average molecular weight is 393 g/mol. The average Bonchev–Trinajstić information content (AvgIpc) is 2.67. The van der Waals surface area contributed by atoms with Crippen molar-refractivity contribution in [3.8, 4) is 5.75 Å². The summed E-state index contributed by atoms with van der Waals surface area (Å²) in [5.41, 5.74) is 1.19. The zero-order valence-corrected chi connectivity index (χ0v) is 15.8. The number of alkyl halides is 3. The number of carbonyl (C=O) groups excluding carboxylic acids is 1. The molecule has 8 heteroatoms. The number of aromatic nitrogens is 1. The Labute approximate surface area is 161 Å². The van der Waals surface area contributed by atoms with Crippen molar-refractivity contribution in [3.63, 3.8) is 0 Å². The van der Waals surface area contributed by atoms with Crippen molar-refractivity contribution in [2.75, 3.05) is 37.7 Å². The van der Waals surface area contributed by atoms with Crippen LogP contribution in [-0.2, 0) is 11.0 Å².